The van der Waals surface area contributed by atoms with Gasteiger partial charge in [-0.2, -0.15) is 0 Å². The molecular formula is C22H25NO6. The highest BCUT2D eigenvalue weighted by Crippen LogP contribution is 2.50. The van der Waals surface area contributed by atoms with E-state index in [-0.39, 0.29) is 11.9 Å². The minimum Gasteiger partial charge on any atom is -0.493 e. The largest absolute Gasteiger partial charge is 0.493 e. The molecule has 0 aliphatic heterocycles. The number of carbonyl (C=O) groups is 2. The molecule has 29 heavy (non-hydrogen) atoms. The summed E-state index contributed by atoms with van der Waals surface area (Å²) in [6.07, 6.45) is 1.34. The quantitative estimate of drug-likeness (QED) is 0.777. The van der Waals surface area contributed by atoms with Gasteiger partial charge in [-0.25, -0.2) is 4.79 Å². The molecule has 0 fully saturated rings. The van der Waals surface area contributed by atoms with Crippen LogP contribution in [0.15, 0.2) is 24.3 Å². The molecule has 154 valence electrons. The summed E-state index contributed by atoms with van der Waals surface area (Å²) >= 11 is 0. The molecule has 2 aromatic rings. The van der Waals surface area contributed by atoms with Crippen molar-refractivity contribution in [3.63, 3.8) is 0 Å². The predicted molar refractivity (Wildman–Crippen MR) is 108 cm³/mol. The van der Waals surface area contributed by atoms with E-state index in [9.17, 15) is 9.59 Å². The van der Waals surface area contributed by atoms with Gasteiger partial charge in [-0.3, -0.25) is 4.79 Å². The summed E-state index contributed by atoms with van der Waals surface area (Å²) in [5, 5.41) is 3.00. The Morgan fingerprint density at radius 2 is 1.72 bits per heavy atom. The van der Waals surface area contributed by atoms with Crippen molar-refractivity contribution in [2.75, 3.05) is 28.4 Å². The fourth-order valence-corrected chi connectivity index (χ4v) is 3.87. The number of amides is 1. The number of ether oxygens (including phenoxy) is 4. The minimum atomic E-state index is -0.432. The first kappa shape index (κ1) is 20.5. The van der Waals surface area contributed by atoms with E-state index in [1.807, 2.05) is 12.1 Å². The first-order valence-corrected chi connectivity index (χ1v) is 9.26. The van der Waals surface area contributed by atoms with Crippen molar-refractivity contribution in [2.45, 2.75) is 25.8 Å². The molecule has 0 aromatic heterocycles. The number of methoxy groups -OCH3 is 4. The van der Waals surface area contributed by atoms with Gasteiger partial charge >= 0.3 is 5.97 Å². The molecule has 1 amide bonds. The molecule has 7 heteroatoms. The Morgan fingerprint density at radius 3 is 2.31 bits per heavy atom. The number of hydrogen-bond donors (Lipinski definition) is 1. The van der Waals surface area contributed by atoms with Crippen molar-refractivity contribution in [1.29, 1.82) is 0 Å². The third-order valence-corrected chi connectivity index (χ3v) is 5.11. The average molecular weight is 399 g/mol. The smallest absolute Gasteiger partial charge is 0.337 e. The molecule has 1 aliphatic carbocycles. The van der Waals surface area contributed by atoms with E-state index in [1.165, 1.54) is 14.0 Å². The molecule has 7 nitrogen and oxygen atoms in total. The van der Waals surface area contributed by atoms with Gasteiger partial charge in [-0.1, -0.05) is 6.07 Å². The van der Waals surface area contributed by atoms with Gasteiger partial charge in [0.25, 0.3) is 0 Å². The molecule has 1 aliphatic rings. The van der Waals surface area contributed by atoms with Gasteiger partial charge < -0.3 is 24.3 Å². The SMILES string of the molecule is COC(=O)c1ccc2c(c1)[C@H](NC(C)=O)CCc1cc(OC)c(OC)c(OC)c1-2. The first-order valence-electron chi connectivity index (χ1n) is 9.26. The Hall–Kier alpha value is -3.22. The lowest BCUT2D eigenvalue weighted by Gasteiger charge is -2.21. The van der Waals surface area contributed by atoms with Crippen molar-refractivity contribution in [2.24, 2.45) is 0 Å². The van der Waals surface area contributed by atoms with Crippen LogP contribution < -0.4 is 19.5 Å². The summed E-state index contributed by atoms with van der Waals surface area (Å²) in [6, 6.07) is 7.01. The lowest BCUT2D eigenvalue weighted by Crippen LogP contribution is -2.26. The predicted octanol–water partition coefficient (Wildman–Crippen LogP) is 3.29. The normalized spacial score (nSPS) is 14.7. The van der Waals surface area contributed by atoms with Gasteiger partial charge in [0.1, 0.15) is 0 Å². The van der Waals surface area contributed by atoms with Crippen LogP contribution in [0.2, 0.25) is 0 Å². The molecule has 0 spiro atoms. The molecule has 0 saturated heterocycles. The second-order valence-corrected chi connectivity index (χ2v) is 6.76. The molecule has 0 bridgehead atoms. The molecule has 2 aromatic carbocycles. The Balaban J connectivity index is 2.31. The van der Waals surface area contributed by atoms with Gasteiger partial charge in [-0.15, -0.1) is 0 Å². The zero-order valence-corrected chi connectivity index (χ0v) is 17.3. The average Bonchev–Trinajstić information content (AvgIpc) is 2.87. The van der Waals surface area contributed by atoms with E-state index in [4.69, 9.17) is 18.9 Å². The number of carbonyl (C=O) groups excluding carboxylic acids is 2. The Labute approximate surface area is 169 Å². The molecule has 0 unspecified atom stereocenters. The zero-order valence-electron chi connectivity index (χ0n) is 17.3. The summed E-state index contributed by atoms with van der Waals surface area (Å²) in [5.41, 5.74) is 3.99. The van der Waals surface area contributed by atoms with Crippen LogP contribution >= 0.6 is 0 Å². The lowest BCUT2D eigenvalue weighted by molar-refractivity contribution is -0.119. The summed E-state index contributed by atoms with van der Waals surface area (Å²) in [7, 11) is 6.06. The molecule has 1 atom stereocenters. The van der Waals surface area contributed by atoms with Crippen LogP contribution in [0.25, 0.3) is 11.1 Å². The second-order valence-electron chi connectivity index (χ2n) is 6.76. The van der Waals surface area contributed by atoms with E-state index >= 15 is 0 Å². The fourth-order valence-electron chi connectivity index (χ4n) is 3.87. The minimum absolute atomic E-state index is 0.141. The number of esters is 1. The number of benzene rings is 2. The van der Waals surface area contributed by atoms with Gasteiger partial charge in [0.05, 0.1) is 40.0 Å². The van der Waals surface area contributed by atoms with Gasteiger partial charge in [-0.05, 0) is 47.7 Å². The van der Waals surface area contributed by atoms with E-state index in [0.29, 0.717) is 35.7 Å². The molecule has 1 N–H and O–H groups in total. The summed E-state index contributed by atoms with van der Waals surface area (Å²) in [5.74, 6) is 1.05. The third kappa shape index (κ3) is 3.72. The number of aryl methyl sites for hydroxylation is 1. The standard InChI is InChI=1S/C22H25NO6/c1-12(24)23-17-9-7-13-11-18(26-2)20(27-3)21(28-4)19(13)15-8-6-14(10-16(15)17)22(25)29-5/h6,8,10-11,17H,7,9H2,1-5H3,(H,23,24)/t17-/m1/s1. The zero-order chi connectivity index (χ0) is 21.1. The maximum Gasteiger partial charge on any atom is 0.337 e. The molecule has 3 rings (SSSR count). The first-order chi connectivity index (χ1) is 13.9. The van der Waals surface area contributed by atoms with Crippen molar-refractivity contribution in [3.8, 4) is 28.4 Å². The van der Waals surface area contributed by atoms with E-state index in [0.717, 1.165) is 22.3 Å². The summed E-state index contributed by atoms with van der Waals surface area (Å²) < 4.78 is 21.6. The summed E-state index contributed by atoms with van der Waals surface area (Å²) in [6.45, 7) is 1.48. The van der Waals surface area contributed by atoms with Gasteiger partial charge in [0.2, 0.25) is 11.7 Å². The maximum atomic E-state index is 12.1. The van der Waals surface area contributed by atoms with Crippen molar-refractivity contribution in [3.05, 3.63) is 41.0 Å². The highest BCUT2D eigenvalue weighted by Gasteiger charge is 2.29. The summed E-state index contributed by atoms with van der Waals surface area (Å²) in [4.78, 5) is 23.9. The Morgan fingerprint density at radius 1 is 1.00 bits per heavy atom. The number of nitrogens with one attached hydrogen (secondary N) is 1. The molecule has 0 radical (unpaired) electrons. The third-order valence-electron chi connectivity index (χ3n) is 5.11. The molecule has 0 saturated carbocycles. The molecular weight excluding hydrogens is 374 g/mol. The van der Waals surface area contributed by atoms with E-state index in [1.54, 1.807) is 33.5 Å². The van der Waals surface area contributed by atoms with Crippen molar-refractivity contribution in [1.82, 2.24) is 5.32 Å². The topological polar surface area (TPSA) is 83.1 Å². The number of hydrogen-bond acceptors (Lipinski definition) is 6. The van der Waals surface area contributed by atoms with Crippen LogP contribution in [-0.2, 0) is 16.0 Å². The highest BCUT2D eigenvalue weighted by atomic mass is 16.5. The van der Waals surface area contributed by atoms with Crippen LogP contribution in [0.4, 0.5) is 0 Å². The van der Waals surface area contributed by atoms with Crippen molar-refractivity contribution < 1.29 is 28.5 Å². The van der Waals surface area contributed by atoms with E-state index < -0.39 is 5.97 Å². The number of fused-ring (bicyclic) bond motifs is 3. The Kier molecular flexibility index (Phi) is 5.96. The van der Waals surface area contributed by atoms with Crippen LogP contribution in [0.1, 0.15) is 40.9 Å². The van der Waals surface area contributed by atoms with E-state index in [2.05, 4.69) is 5.32 Å². The fraction of sp³-hybridized carbons (Fsp3) is 0.364. The highest BCUT2D eigenvalue weighted by molar-refractivity contribution is 5.92. The van der Waals surface area contributed by atoms with Crippen molar-refractivity contribution >= 4 is 11.9 Å². The Bertz CT molecular complexity index is 953. The van der Waals surface area contributed by atoms with Crippen LogP contribution in [0.5, 0.6) is 17.2 Å². The lowest BCUT2D eigenvalue weighted by atomic mass is 9.92. The number of rotatable bonds is 5. The van der Waals surface area contributed by atoms with Crippen LogP contribution in [0, 0.1) is 0 Å². The van der Waals surface area contributed by atoms with Crippen LogP contribution in [0.3, 0.4) is 0 Å². The monoisotopic (exact) mass is 399 g/mol. The second kappa shape index (κ2) is 8.43. The van der Waals surface area contributed by atoms with Crippen LogP contribution in [-0.4, -0.2) is 40.3 Å². The molecule has 0 heterocycles. The van der Waals surface area contributed by atoms with Gasteiger partial charge in [0, 0.05) is 12.5 Å². The van der Waals surface area contributed by atoms with Gasteiger partial charge in [0.15, 0.2) is 11.5 Å². The maximum absolute atomic E-state index is 12.1.